The second-order valence-electron chi connectivity index (χ2n) is 6.16. The van der Waals surface area contributed by atoms with Gasteiger partial charge in [-0.05, 0) is 6.42 Å². The van der Waals surface area contributed by atoms with Crippen LogP contribution in [-0.4, -0.2) is 6.54 Å². The first kappa shape index (κ1) is 19.6. The molecule has 0 aromatic heterocycles. The zero-order valence-electron chi connectivity index (χ0n) is 13.9. The minimum absolute atomic E-state index is 0.512. The summed E-state index contributed by atoms with van der Waals surface area (Å²) in [6, 6.07) is 0. The van der Waals surface area contributed by atoms with Crippen LogP contribution < -0.4 is 0 Å². The molecule has 0 radical (unpaired) electrons. The summed E-state index contributed by atoms with van der Waals surface area (Å²) in [5.74, 6) is 0. The molecule has 0 amide bonds. The third-order valence-corrected chi connectivity index (χ3v) is 4.10. The van der Waals surface area contributed by atoms with Gasteiger partial charge in [0.2, 0.25) is 0 Å². The van der Waals surface area contributed by atoms with E-state index in [9.17, 15) is 4.91 Å². The molecule has 0 saturated heterocycles. The Morgan fingerprint density at radius 1 is 0.500 bits per heavy atom. The van der Waals surface area contributed by atoms with Crippen molar-refractivity contribution in [1.82, 2.24) is 0 Å². The summed E-state index contributed by atoms with van der Waals surface area (Å²) < 4.78 is 0. The van der Waals surface area contributed by atoms with E-state index in [0.29, 0.717) is 6.54 Å². The van der Waals surface area contributed by atoms with Gasteiger partial charge in [0.1, 0.15) is 0 Å². The van der Waals surface area contributed by atoms with Crippen molar-refractivity contribution >= 4 is 0 Å². The SMILES string of the molecule is CCCCCCCCCCCCCCCCCCN=O. The van der Waals surface area contributed by atoms with Crippen molar-refractivity contribution in [2.75, 3.05) is 6.54 Å². The van der Waals surface area contributed by atoms with Gasteiger partial charge >= 0.3 is 0 Å². The summed E-state index contributed by atoms with van der Waals surface area (Å²) in [7, 11) is 0. The van der Waals surface area contributed by atoms with E-state index in [2.05, 4.69) is 12.1 Å². The standard InChI is InChI=1S/C18H37NO/c1-2-3-4-5-6-7-8-9-10-11-12-13-14-15-16-17-18-19-20/h2-18H2,1H3. The Morgan fingerprint density at radius 2 is 0.800 bits per heavy atom. The van der Waals surface area contributed by atoms with Gasteiger partial charge in [0, 0.05) is 0 Å². The maximum atomic E-state index is 9.90. The van der Waals surface area contributed by atoms with E-state index in [1.165, 1.54) is 96.3 Å². The number of hydrogen-bond acceptors (Lipinski definition) is 2. The molecule has 0 aromatic rings. The number of nitrogens with zero attached hydrogens (tertiary/aromatic N) is 1. The number of unbranched alkanes of at least 4 members (excludes halogenated alkanes) is 15. The van der Waals surface area contributed by atoms with Crippen molar-refractivity contribution < 1.29 is 0 Å². The van der Waals surface area contributed by atoms with Gasteiger partial charge in [-0.2, -0.15) is 4.91 Å². The van der Waals surface area contributed by atoms with Gasteiger partial charge in [0.25, 0.3) is 0 Å². The highest BCUT2D eigenvalue weighted by molar-refractivity contribution is 4.50. The van der Waals surface area contributed by atoms with E-state index in [4.69, 9.17) is 0 Å². The van der Waals surface area contributed by atoms with E-state index >= 15 is 0 Å². The van der Waals surface area contributed by atoms with Gasteiger partial charge in [0.15, 0.2) is 0 Å². The van der Waals surface area contributed by atoms with E-state index in [-0.39, 0.29) is 0 Å². The molecular weight excluding hydrogens is 246 g/mol. The number of rotatable bonds is 17. The van der Waals surface area contributed by atoms with Gasteiger partial charge in [-0.15, -0.1) is 0 Å². The smallest absolute Gasteiger partial charge is 0.0811 e. The van der Waals surface area contributed by atoms with Crippen LogP contribution in [0.25, 0.3) is 0 Å². The fraction of sp³-hybridized carbons (Fsp3) is 1.00. The average molecular weight is 283 g/mol. The fourth-order valence-corrected chi connectivity index (χ4v) is 2.72. The van der Waals surface area contributed by atoms with Crippen molar-refractivity contribution in [2.45, 2.75) is 110 Å². The number of nitroso groups, excluding NO2 is 1. The van der Waals surface area contributed by atoms with E-state index < -0.39 is 0 Å². The molecule has 0 aliphatic rings. The lowest BCUT2D eigenvalue weighted by Crippen LogP contribution is -1.84. The second-order valence-corrected chi connectivity index (χ2v) is 6.16. The minimum atomic E-state index is 0.512. The third-order valence-electron chi connectivity index (χ3n) is 4.10. The van der Waals surface area contributed by atoms with Crippen LogP contribution in [0.15, 0.2) is 5.18 Å². The molecule has 0 rings (SSSR count). The summed E-state index contributed by atoms with van der Waals surface area (Å²) in [6.07, 6.45) is 21.9. The second kappa shape index (κ2) is 18.6. The largest absolute Gasteiger partial charge is 0.151 e. The van der Waals surface area contributed by atoms with Crippen LogP contribution in [0.1, 0.15) is 110 Å². The zero-order chi connectivity index (χ0) is 14.7. The Balaban J connectivity index is 2.90. The first-order valence-electron chi connectivity index (χ1n) is 9.21. The molecular formula is C18H37NO. The summed E-state index contributed by atoms with van der Waals surface area (Å²) in [5, 5.41) is 2.89. The molecule has 20 heavy (non-hydrogen) atoms. The highest BCUT2D eigenvalue weighted by Gasteiger charge is 1.94. The quantitative estimate of drug-likeness (QED) is 0.208. The first-order valence-corrected chi connectivity index (χ1v) is 9.21. The first-order chi connectivity index (χ1) is 9.91. The topological polar surface area (TPSA) is 29.4 Å². The molecule has 0 saturated carbocycles. The predicted octanol–water partition coefficient (Wildman–Crippen LogP) is 7.01. The van der Waals surface area contributed by atoms with Gasteiger partial charge in [-0.1, -0.05) is 108 Å². The molecule has 0 spiro atoms. The normalized spacial score (nSPS) is 10.8. The lowest BCUT2D eigenvalue weighted by Gasteiger charge is -2.03. The van der Waals surface area contributed by atoms with Crippen LogP contribution in [0.3, 0.4) is 0 Å². The molecule has 0 heterocycles. The average Bonchev–Trinajstić information content (AvgIpc) is 2.47. The molecule has 0 unspecified atom stereocenters. The molecule has 0 bridgehead atoms. The van der Waals surface area contributed by atoms with E-state index in [0.717, 1.165) is 6.42 Å². The van der Waals surface area contributed by atoms with Crippen molar-refractivity contribution in [3.8, 4) is 0 Å². The van der Waals surface area contributed by atoms with Crippen LogP contribution >= 0.6 is 0 Å². The van der Waals surface area contributed by atoms with Crippen LogP contribution in [0.5, 0.6) is 0 Å². The van der Waals surface area contributed by atoms with Crippen LogP contribution in [0, 0.1) is 4.91 Å². The summed E-state index contributed by atoms with van der Waals surface area (Å²) in [6.45, 7) is 2.79. The van der Waals surface area contributed by atoms with Gasteiger partial charge in [0.05, 0.1) is 6.54 Å². The Labute approximate surface area is 127 Å². The Kier molecular flexibility index (Phi) is 18.2. The molecule has 0 aliphatic heterocycles. The van der Waals surface area contributed by atoms with Crippen LogP contribution in [0.4, 0.5) is 0 Å². The molecule has 0 aromatic carbocycles. The molecule has 0 atom stereocenters. The monoisotopic (exact) mass is 283 g/mol. The van der Waals surface area contributed by atoms with Gasteiger partial charge in [-0.3, -0.25) is 0 Å². The molecule has 0 N–H and O–H groups in total. The molecule has 120 valence electrons. The molecule has 0 aliphatic carbocycles. The summed E-state index contributed by atoms with van der Waals surface area (Å²) in [5.41, 5.74) is 0. The van der Waals surface area contributed by atoms with E-state index in [1.807, 2.05) is 0 Å². The minimum Gasteiger partial charge on any atom is -0.151 e. The highest BCUT2D eigenvalue weighted by Crippen LogP contribution is 2.13. The lowest BCUT2D eigenvalue weighted by molar-refractivity contribution is 0.530. The summed E-state index contributed by atoms with van der Waals surface area (Å²) >= 11 is 0. The van der Waals surface area contributed by atoms with Crippen molar-refractivity contribution in [3.63, 3.8) is 0 Å². The molecule has 2 nitrogen and oxygen atoms in total. The predicted molar refractivity (Wildman–Crippen MR) is 90.2 cm³/mol. The van der Waals surface area contributed by atoms with Crippen molar-refractivity contribution in [2.24, 2.45) is 5.18 Å². The molecule has 2 heteroatoms. The molecule has 0 fully saturated rings. The van der Waals surface area contributed by atoms with Crippen LogP contribution in [0.2, 0.25) is 0 Å². The van der Waals surface area contributed by atoms with Gasteiger partial charge in [-0.25, -0.2) is 0 Å². The Bertz CT molecular complexity index is 182. The Morgan fingerprint density at radius 3 is 1.10 bits per heavy atom. The zero-order valence-corrected chi connectivity index (χ0v) is 13.9. The maximum absolute atomic E-state index is 9.90. The Hall–Kier alpha value is -0.400. The van der Waals surface area contributed by atoms with Crippen LogP contribution in [-0.2, 0) is 0 Å². The van der Waals surface area contributed by atoms with E-state index in [1.54, 1.807) is 0 Å². The maximum Gasteiger partial charge on any atom is 0.0811 e. The van der Waals surface area contributed by atoms with Crippen molar-refractivity contribution in [3.05, 3.63) is 4.91 Å². The van der Waals surface area contributed by atoms with Gasteiger partial charge < -0.3 is 0 Å². The number of hydrogen-bond donors (Lipinski definition) is 0. The highest BCUT2D eigenvalue weighted by atomic mass is 16.3. The van der Waals surface area contributed by atoms with Crippen molar-refractivity contribution in [1.29, 1.82) is 0 Å². The fourth-order valence-electron chi connectivity index (χ4n) is 2.72. The lowest BCUT2D eigenvalue weighted by atomic mass is 10.0. The summed E-state index contributed by atoms with van der Waals surface area (Å²) in [4.78, 5) is 9.90. The third kappa shape index (κ3) is 17.6.